The Labute approximate surface area is 164 Å². The van der Waals surface area contributed by atoms with Crippen LogP contribution in [0.4, 0.5) is 0 Å². The zero-order valence-corrected chi connectivity index (χ0v) is 15.9. The average Bonchev–Trinajstić information content (AvgIpc) is 3.23. The van der Waals surface area contributed by atoms with Crippen LogP contribution in [-0.4, -0.2) is 62.9 Å². The van der Waals surface area contributed by atoms with Crippen LogP contribution in [0.2, 0.25) is 0 Å². The molecule has 1 aromatic carbocycles. The summed E-state index contributed by atoms with van der Waals surface area (Å²) in [6, 6.07) is 3.59. The highest BCUT2D eigenvalue weighted by molar-refractivity contribution is 5.80. The van der Waals surface area contributed by atoms with Crippen LogP contribution in [0.5, 0.6) is 11.5 Å². The summed E-state index contributed by atoms with van der Waals surface area (Å²) in [7, 11) is 0. The Morgan fingerprint density at radius 2 is 2.07 bits per heavy atom. The third-order valence-electron chi connectivity index (χ3n) is 8.38. The number of phenolic OH excluding ortho intramolecular Hbond substituents is 1. The van der Waals surface area contributed by atoms with Gasteiger partial charge in [0.25, 0.3) is 0 Å². The lowest BCUT2D eigenvalue weighted by atomic mass is 9.48. The summed E-state index contributed by atoms with van der Waals surface area (Å²) in [4.78, 5) is 14.1. The number of piperidine rings is 1. The molecule has 1 saturated heterocycles. The predicted molar refractivity (Wildman–Crippen MR) is 100 cm³/mol. The molecule has 6 heteroatoms. The molecule has 2 heterocycles. The Balaban J connectivity index is 1.46. The van der Waals surface area contributed by atoms with E-state index in [0.29, 0.717) is 56.0 Å². The summed E-state index contributed by atoms with van der Waals surface area (Å²) < 4.78 is 6.15. The molecule has 2 saturated carbocycles. The number of aromatic hydroxyl groups is 1. The second kappa shape index (κ2) is 5.49. The number of Topliss-reactive ketones (excluding diaryl/α,β-unsaturated/α-hetero) is 1. The van der Waals surface area contributed by atoms with Gasteiger partial charge in [-0.05, 0) is 56.2 Å². The van der Waals surface area contributed by atoms with Crippen molar-refractivity contribution in [2.75, 3.05) is 13.1 Å². The van der Waals surface area contributed by atoms with Crippen molar-refractivity contribution in [2.24, 2.45) is 5.92 Å². The third kappa shape index (κ3) is 1.91. The fraction of sp³-hybridized carbons (Fsp3) is 0.682. The molecule has 1 spiro atoms. The summed E-state index contributed by atoms with van der Waals surface area (Å²) in [6.45, 7) is 1.67. The van der Waals surface area contributed by atoms with Gasteiger partial charge in [0.05, 0.1) is 17.1 Å². The maximum absolute atomic E-state index is 12.1. The highest BCUT2D eigenvalue weighted by Gasteiger charge is 2.72. The monoisotopic (exact) mass is 385 g/mol. The van der Waals surface area contributed by atoms with Crippen LogP contribution in [0.1, 0.15) is 49.7 Å². The Morgan fingerprint density at radius 1 is 1.21 bits per heavy atom. The molecule has 0 radical (unpaired) electrons. The fourth-order valence-corrected chi connectivity index (χ4v) is 7.20. The van der Waals surface area contributed by atoms with Crippen molar-refractivity contribution in [3.63, 3.8) is 0 Å². The summed E-state index contributed by atoms with van der Waals surface area (Å²) in [5.41, 5.74) is 0.417. The van der Waals surface area contributed by atoms with Crippen molar-refractivity contribution in [3.8, 4) is 11.5 Å². The zero-order chi connectivity index (χ0) is 19.3. The number of aliphatic hydroxyl groups excluding tert-OH is 1. The van der Waals surface area contributed by atoms with Gasteiger partial charge in [0.15, 0.2) is 11.5 Å². The molecule has 6 nitrogen and oxygen atoms in total. The molecular formula is C22H27NO5. The van der Waals surface area contributed by atoms with Crippen molar-refractivity contribution >= 4 is 5.78 Å². The van der Waals surface area contributed by atoms with Crippen molar-refractivity contribution in [1.82, 2.24) is 4.90 Å². The van der Waals surface area contributed by atoms with Gasteiger partial charge < -0.3 is 20.1 Å². The van der Waals surface area contributed by atoms with E-state index >= 15 is 0 Å². The van der Waals surface area contributed by atoms with Gasteiger partial charge >= 0.3 is 0 Å². The first kappa shape index (κ1) is 17.2. The van der Waals surface area contributed by atoms with E-state index in [4.69, 9.17) is 4.74 Å². The Kier molecular flexibility index (Phi) is 3.38. The SMILES string of the molecule is O=C1CCC(CN2CC[C@]34c5c6ccc(O)c5O[C@H]3[C@@H](O)CC[C@@]4(O)[C@H]2C6)C1. The van der Waals surface area contributed by atoms with E-state index in [1.165, 1.54) is 0 Å². The third-order valence-corrected chi connectivity index (χ3v) is 8.38. The van der Waals surface area contributed by atoms with E-state index in [-0.39, 0.29) is 11.8 Å². The molecular weight excluding hydrogens is 358 g/mol. The number of hydrogen-bond donors (Lipinski definition) is 3. The summed E-state index contributed by atoms with van der Waals surface area (Å²) in [6.07, 6.45) is 3.59. The van der Waals surface area contributed by atoms with Crippen LogP contribution in [0.25, 0.3) is 0 Å². The molecule has 1 unspecified atom stereocenters. The Morgan fingerprint density at radius 3 is 2.86 bits per heavy atom. The second-order valence-corrected chi connectivity index (χ2v) is 9.60. The van der Waals surface area contributed by atoms with Crippen LogP contribution in [0, 0.1) is 5.92 Å². The van der Waals surface area contributed by atoms with Crippen LogP contribution in [-0.2, 0) is 16.6 Å². The number of hydrogen-bond acceptors (Lipinski definition) is 6. The van der Waals surface area contributed by atoms with Gasteiger partial charge in [0.1, 0.15) is 11.9 Å². The maximum Gasteiger partial charge on any atom is 0.165 e. The van der Waals surface area contributed by atoms with E-state index < -0.39 is 23.2 Å². The number of carbonyl (C=O) groups is 1. The minimum atomic E-state index is -0.982. The van der Waals surface area contributed by atoms with Gasteiger partial charge in [-0.1, -0.05) is 6.07 Å². The minimum absolute atomic E-state index is 0.0430. The quantitative estimate of drug-likeness (QED) is 0.711. The van der Waals surface area contributed by atoms with Gasteiger partial charge in [-0.15, -0.1) is 0 Å². The van der Waals surface area contributed by atoms with Crippen molar-refractivity contribution in [2.45, 2.75) is 74.2 Å². The smallest absolute Gasteiger partial charge is 0.165 e. The first-order chi connectivity index (χ1) is 13.4. The van der Waals surface area contributed by atoms with Gasteiger partial charge in [-0.2, -0.15) is 0 Å². The summed E-state index contributed by atoms with van der Waals surface area (Å²) in [5, 5.41) is 33.3. The molecule has 5 aliphatic rings. The van der Waals surface area contributed by atoms with E-state index in [9.17, 15) is 20.1 Å². The fourth-order valence-electron chi connectivity index (χ4n) is 7.20. The second-order valence-electron chi connectivity index (χ2n) is 9.60. The summed E-state index contributed by atoms with van der Waals surface area (Å²) in [5.74, 6) is 1.31. The van der Waals surface area contributed by atoms with E-state index in [0.717, 1.165) is 30.6 Å². The van der Waals surface area contributed by atoms with Gasteiger partial charge in [-0.3, -0.25) is 9.69 Å². The lowest BCUT2D eigenvalue weighted by Crippen LogP contribution is -2.77. The predicted octanol–water partition coefficient (Wildman–Crippen LogP) is 1.28. The Bertz CT molecular complexity index is 871. The largest absolute Gasteiger partial charge is 0.504 e. The van der Waals surface area contributed by atoms with Gasteiger partial charge in [-0.25, -0.2) is 0 Å². The number of ether oxygens (including phenoxy) is 1. The van der Waals surface area contributed by atoms with Gasteiger partial charge in [0.2, 0.25) is 0 Å². The van der Waals surface area contributed by atoms with Crippen LogP contribution < -0.4 is 4.74 Å². The van der Waals surface area contributed by atoms with Crippen LogP contribution in [0.3, 0.4) is 0 Å². The van der Waals surface area contributed by atoms with Crippen LogP contribution >= 0.6 is 0 Å². The maximum atomic E-state index is 12.1. The number of rotatable bonds is 2. The van der Waals surface area contributed by atoms with Crippen LogP contribution in [0.15, 0.2) is 12.1 Å². The number of nitrogens with zero attached hydrogens (tertiary/aromatic N) is 1. The molecule has 6 rings (SSSR count). The number of likely N-dealkylation sites (tertiary alicyclic amines) is 1. The number of aliphatic hydroxyl groups is 2. The molecule has 6 atom stereocenters. The first-order valence-electron chi connectivity index (χ1n) is 10.6. The number of carbonyl (C=O) groups excluding carboxylic acids is 1. The van der Waals surface area contributed by atoms with Crippen molar-refractivity contribution in [3.05, 3.63) is 23.3 Å². The molecule has 3 N–H and O–H groups in total. The highest BCUT2D eigenvalue weighted by Crippen LogP contribution is 2.65. The summed E-state index contributed by atoms with van der Waals surface area (Å²) >= 11 is 0. The number of ketones is 1. The minimum Gasteiger partial charge on any atom is -0.504 e. The molecule has 3 aliphatic carbocycles. The van der Waals surface area contributed by atoms with E-state index in [1.807, 2.05) is 6.07 Å². The molecule has 2 bridgehead atoms. The van der Waals surface area contributed by atoms with E-state index in [2.05, 4.69) is 4.90 Å². The first-order valence-corrected chi connectivity index (χ1v) is 10.6. The topological polar surface area (TPSA) is 90.2 Å². The molecule has 0 amide bonds. The normalized spacial score (nSPS) is 43.7. The Hall–Kier alpha value is -1.63. The van der Waals surface area contributed by atoms with E-state index in [1.54, 1.807) is 6.07 Å². The molecule has 0 aromatic heterocycles. The molecule has 28 heavy (non-hydrogen) atoms. The molecule has 2 aliphatic heterocycles. The number of benzene rings is 1. The number of phenols is 1. The van der Waals surface area contributed by atoms with Crippen molar-refractivity contribution < 1.29 is 24.9 Å². The zero-order valence-electron chi connectivity index (χ0n) is 15.9. The molecule has 3 fully saturated rings. The lowest BCUT2D eigenvalue weighted by Gasteiger charge is -2.64. The van der Waals surface area contributed by atoms with Gasteiger partial charge in [0, 0.05) is 31.0 Å². The van der Waals surface area contributed by atoms with Crippen molar-refractivity contribution in [1.29, 1.82) is 0 Å². The molecule has 150 valence electrons. The average molecular weight is 385 g/mol. The molecule has 1 aromatic rings. The standard InChI is InChI=1S/C22H27NO5/c24-14-3-1-12(9-14)11-23-8-7-21-18-13-2-4-15(25)19(18)28-20(21)16(26)5-6-22(21,27)17(23)10-13/h2,4,12,16-17,20,25-27H,1,3,5-11H2/t12?,16-,17+,20-,21-,22+/m0/s1. The lowest BCUT2D eigenvalue weighted by molar-refractivity contribution is -0.209. The highest BCUT2D eigenvalue weighted by atomic mass is 16.5.